The molecule has 1 rings (SSSR count). The normalized spacial score (nSPS) is 12.3. The zero-order valence-electron chi connectivity index (χ0n) is 11.1. The third kappa shape index (κ3) is 3.16. The summed E-state index contributed by atoms with van der Waals surface area (Å²) in [5.41, 5.74) is 0.952. The number of aryl methyl sites for hydroxylation is 2. The van der Waals surface area contributed by atoms with Crippen LogP contribution in [0.2, 0.25) is 0 Å². The molecule has 1 unspecified atom stereocenters. The Morgan fingerprint density at radius 2 is 2.11 bits per heavy atom. The third-order valence-corrected chi connectivity index (χ3v) is 2.80. The van der Waals surface area contributed by atoms with Crippen LogP contribution >= 0.6 is 0 Å². The molecule has 1 aromatic heterocycles. The van der Waals surface area contributed by atoms with E-state index in [-0.39, 0.29) is 5.56 Å². The number of hydrogen-bond donors (Lipinski definition) is 2. The van der Waals surface area contributed by atoms with Crippen LogP contribution in [-0.2, 0) is 7.05 Å². The lowest BCUT2D eigenvalue weighted by Gasteiger charge is -2.10. The molecule has 0 fully saturated rings. The van der Waals surface area contributed by atoms with Crippen molar-refractivity contribution in [3.05, 3.63) is 27.2 Å². The van der Waals surface area contributed by atoms with Crippen molar-refractivity contribution >= 4 is 5.91 Å². The van der Waals surface area contributed by atoms with E-state index in [4.69, 9.17) is 5.11 Å². The number of amides is 1. The molecule has 0 aliphatic heterocycles. The Balaban J connectivity index is 2.96. The Morgan fingerprint density at radius 3 is 2.67 bits per heavy atom. The fourth-order valence-electron chi connectivity index (χ4n) is 1.60. The van der Waals surface area contributed by atoms with E-state index in [1.54, 1.807) is 20.8 Å². The number of carbonyl (C=O) groups excluding carboxylic acids is 1. The second-order valence-electron chi connectivity index (χ2n) is 4.41. The highest BCUT2D eigenvalue weighted by Gasteiger charge is 2.17. The van der Waals surface area contributed by atoms with Crippen LogP contribution in [0.5, 0.6) is 0 Å². The highest BCUT2D eigenvalue weighted by atomic mass is 16.3. The highest BCUT2D eigenvalue weighted by Crippen LogP contribution is 2.05. The molecule has 100 valence electrons. The molecule has 6 heteroatoms. The minimum absolute atomic E-state index is 0.121. The Bertz CT molecular complexity index is 506. The molecule has 1 heterocycles. The van der Waals surface area contributed by atoms with Crippen LogP contribution in [0.25, 0.3) is 0 Å². The molecule has 2 N–H and O–H groups in total. The number of aliphatic hydroxyl groups is 1. The summed E-state index contributed by atoms with van der Waals surface area (Å²) in [6.07, 6.45) is -0.0248. The first-order valence-electron chi connectivity index (χ1n) is 5.85. The van der Waals surface area contributed by atoms with E-state index in [1.807, 2.05) is 0 Å². The van der Waals surface area contributed by atoms with E-state index in [1.165, 1.54) is 7.05 Å². The van der Waals surface area contributed by atoms with Gasteiger partial charge in [-0.05, 0) is 32.8 Å². The van der Waals surface area contributed by atoms with Crippen molar-refractivity contribution in [1.29, 1.82) is 0 Å². The summed E-state index contributed by atoms with van der Waals surface area (Å²) in [5, 5.41) is 15.7. The Kier molecular flexibility index (Phi) is 4.61. The molecule has 0 bridgehead atoms. The molecule has 0 aromatic carbocycles. The van der Waals surface area contributed by atoms with E-state index in [2.05, 4.69) is 10.4 Å². The molecule has 6 nitrogen and oxygen atoms in total. The van der Waals surface area contributed by atoms with Crippen molar-refractivity contribution in [1.82, 2.24) is 15.1 Å². The number of aromatic nitrogens is 2. The molecule has 1 aromatic rings. The van der Waals surface area contributed by atoms with Gasteiger partial charge in [-0.2, -0.15) is 5.10 Å². The van der Waals surface area contributed by atoms with Gasteiger partial charge in [0.25, 0.3) is 11.5 Å². The van der Waals surface area contributed by atoms with Gasteiger partial charge in [-0.15, -0.1) is 0 Å². The molecule has 0 radical (unpaired) electrons. The minimum atomic E-state index is -0.478. The number of carbonyl (C=O) groups is 1. The summed E-state index contributed by atoms with van der Waals surface area (Å²) < 4.78 is 1.16. The van der Waals surface area contributed by atoms with E-state index in [0.717, 1.165) is 4.68 Å². The fraction of sp³-hybridized carbons (Fsp3) is 0.583. The van der Waals surface area contributed by atoms with Crippen molar-refractivity contribution in [3.63, 3.8) is 0 Å². The second-order valence-corrected chi connectivity index (χ2v) is 4.41. The van der Waals surface area contributed by atoms with Gasteiger partial charge in [-0.25, -0.2) is 4.68 Å². The Morgan fingerprint density at radius 1 is 1.50 bits per heavy atom. The number of hydrogen-bond acceptors (Lipinski definition) is 4. The van der Waals surface area contributed by atoms with Crippen LogP contribution in [0.1, 0.15) is 35.0 Å². The lowest BCUT2D eigenvalue weighted by molar-refractivity contribution is 0.0942. The van der Waals surface area contributed by atoms with Crippen molar-refractivity contribution in [3.8, 4) is 0 Å². The van der Waals surface area contributed by atoms with E-state index in [9.17, 15) is 9.59 Å². The SMILES string of the molecule is Cc1nn(C)c(=O)c(C(=O)NCCC(C)O)c1C. The topological polar surface area (TPSA) is 84.2 Å². The standard InChI is InChI=1S/C12H19N3O3/c1-7(16)5-6-13-11(17)10-8(2)9(3)14-15(4)12(10)18/h7,16H,5-6H2,1-4H3,(H,13,17). The summed E-state index contributed by atoms with van der Waals surface area (Å²) in [6.45, 7) is 5.43. The average molecular weight is 253 g/mol. The van der Waals surface area contributed by atoms with E-state index < -0.39 is 17.6 Å². The van der Waals surface area contributed by atoms with Gasteiger partial charge in [0.2, 0.25) is 0 Å². The average Bonchev–Trinajstić information content (AvgIpc) is 2.26. The minimum Gasteiger partial charge on any atom is -0.393 e. The van der Waals surface area contributed by atoms with Crippen molar-refractivity contribution in [2.45, 2.75) is 33.3 Å². The maximum Gasteiger partial charge on any atom is 0.279 e. The molecule has 1 amide bonds. The van der Waals surface area contributed by atoms with Crippen LogP contribution in [-0.4, -0.2) is 33.4 Å². The van der Waals surface area contributed by atoms with Gasteiger partial charge in [0, 0.05) is 13.6 Å². The number of aliphatic hydroxyl groups excluding tert-OH is 1. The summed E-state index contributed by atoms with van der Waals surface area (Å²) in [5.74, 6) is -0.417. The van der Waals surface area contributed by atoms with Crippen LogP contribution in [0.3, 0.4) is 0 Å². The van der Waals surface area contributed by atoms with E-state index in [0.29, 0.717) is 24.2 Å². The Hall–Kier alpha value is -1.69. The maximum atomic E-state index is 11.9. The molecule has 18 heavy (non-hydrogen) atoms. The van der Waals surface area contributed by atoms with Crippen LogP contribution in [0, 0.1) is 13.8 Å². The molecule has 0 saturated carbocycles. The van der Waals surface area contributed by atoms with Crippen LogP contribution < -0.4 is 10.9 Å². The Labute approximate surface area is 106 Å². The fourth-order valence-corrected chi connectivity index (χ4v) is 1.60. The molecule has 1 atom stereocenters. The second kappa shape index (κ2) is 5.77. The first kappa shape index (κ1) is 14.4. The smallest absolute Gasteiger partial charge is 0.279 e. The monoisotopic (exact) mass is 253 g/mol. The van der Waals surface area contributed by atoms with Crippen molar-refractivity contribution in [2.24, 2.45) is 7.05 Å². The van der Waals surface area contributed by atoms with Gasteiger partial charge < -0.3 is 10.4 Å². The maximum absolute atomic E-state index is 11.9. The molecular formula is C12H19N3O3. The highest BCUT2D eigenvalue weighted by molar-refractivity contribution is 5.95. The number of rotatable bonds is 4. The van der Waals surface area contributed by atoms with Crippen LogP contribution in [0.4, 0.5) is 0 Å². The first-order valence-corrected chi connectivity index (χ1v) is 5.85. The number of nitrogens with zero attached hydrogens (tertiary/aromatic N) is 2. The van der Waals surface area contributed by atoms with Gasteiger partial charge in [0.1, 0.15) is 5.56 Å². The zero-order valence-corrected chi connectivity index (χ0v) is 11.1. The molecule has 0 aliphatic carbocycles. The predicted octanol–water partition coefficient (Wildman–Crippen LogP) is -0.102. The quantitative estimate of drug-likeness (QED) is 0.784. The summed E-state index contributed by atoms with van der Waals surface area (Å²) in [7, 11) is 1.52. The van der Waals surface area contributed by atoms with Gasteiger partial charge in [0.15, 0.2) is 0 Å². The predicted molar refractivity (Wildman–Crippen MR) is 67.6 cm³/mol. The lowest BCUT2D eigenvalue weighted by atomic mass is 10.1. The lowest BCUT2D eigenvalue weighted by Crippen LogP contribution is -2.36. The first-order chi connectivity index (χ1) is 8.34. The van der Waals surface area contributed by atoms with Gasteiger partial charge in [-0.3, -0.25) is 9.59 Å². The van der Waals surface area contributed by atoms with Gasteiger partial charge >= 0.3 is 0 Å². The third-order valence-electron chi connectivity index (χ3n) is 2.80. The van der Waals surface area contributed by atoms with Crippen LogP contribution in [0.15, 0.2) is 4.79 Å². The van der Waals surface area contributed by atoms with Gasteiger partial charge in [-0.1, -0.05) is 0 Å². The molecular weight excluding hydrogens is 234 g/mol. The largest absolute Gasteiger partial charge is 0.393 e. The zero-order chi connectivity index (χ0) is 13.9. The van der Waals surface area contributed by atoms with E-state index >= 15 is 0 Å². The van der Waals surface area contributed by atoms with Crippen molar-refractivity contribution < 1.29 is 9.90 Å². The summed E-state index contributed by atoms with van der Waals surface area (Å²) in [6, 6.07) is 0. The summed E-state index contributed by atoms with van der Waals surface area (Å²) >= 11 is 0. The molecule has 0 aliphatic rings. The molecule has 0 spiro atoms. The van der Waals surface area contributed by atoms with Gasteiger partial charge in [0.05, 0.1) is 11.8 Å². The summed E-state index contributed by atoms with van der Waals surface area (Å²) in [4.78, 5) is 23.8. The molecule has 0 saturated heterocycles. The van der Waals surface area contributed by atoms with Crippen molar-refractivity contribution in [2.75, 3.05) is 6.54 Å². The number of nitrogens with one attached hydrogen (secondary N) is 1.